The summed E-state index contributed by atoms with van der Waals surface area (Å²) in [4.78, 5) is 26.7. The van der Waals surface area contributed by atoms with E-state index in [9.17, 15) is 14.9 Å². The third kappa shape index (κ3) is 4.91. The Morgan fingerprint density at radius 2 is 2.08 bits per heavy atom. The van der Waals surface area contributed by atoms with Gasteiger partial charge in [0.2, 0.25) is 0 Å². The number of rotatable bonds is 3. The van der Waals surface area contributed by atoms with Crippen molar-refractivity contribution in [2.24, 2.45) is 5.92 Å². The third-order valence-corrected chi connectivity index (χ3v) is 4.13. The summed E-state index contributed by atoms with van der Waals surface area (Å²) in [7, 11) is 0. The van der Waals surface area contributed by atoms with Gasteiger partial charge in [-0.15, -0.1) is 0 Å². The quantitative estimate of drug-likeness (QED) is 0.670. The number of hydrogen-bond donors (Lipinski definition) is 1. The molecule has 0 aliphatic heterocycles. The summed E-state index contributed by atoms with van der Waals surface area (Å²) in [6, 6.07) is 1.66. The van der Waals surface area contributed by atoms with E-state index in [-0.39, 0.29) is 17.6 Å². The number of alkyl carbamates (subject to hydrolysis) is 1. The molecule has 1 aliphatic carbocycles. The highest BCUT2D eigenvalue weighted by Gasteiger charge is 2.32. The average Bonchev–Trinajstić information content (AvgIpc) is 2.44. The zero-order valence-corrected chi connectivity index (χ0v) is 14.6. The molecule has 0 unspecified atom stereocenters. The summed E-state index contributed by atoms with van der Waals surface area (Å²) in [5.41, 5.74) is 0.193. The number of nitrogens with one attached hydrogen (secondary N) is 1. The lowest BCUT2D eigenvalue weighted by molar-refractivity contribution is -0.386. The molecule has 0 saturated heterocycles. The van der Waals surface area contributed by atoms with Gasteiger partial charge in [-0.3, -0.25) is 15.1 Å². The molecular weight excluding hydrogens is 310 g/mol. The van der Waals surface area contributed by atoms with Crippen molar-refractivity contribution in [3.05, 3.63) is 34.1 Å². The number of pyridine rings is 1. The molecule has 0 radical (unpaired) electrons. The summed E-state index contributed by atoms with van der Waals surface area (Å²) in [5, 5.41) is 14.1. The van der Waals surface area contributed by atoms with E-state index in [0.29, 0.717) is 17.9 Å². The zero-order chi connectivity index (χ0) is 17.9. The molecule has 1 amide bonds. The van der Waals surface area contributed by atoms with Crippen LogP contribution in [0.5, 0.6) is 0 Å². The fraction of sp³-hybridized carbons (Fsp3) is 0.647. The number of nitrogens with zero attached hydrogens (tertiary/aromatic N) is 2. The molecule has 24 heavy (non-hydrogen) atoms. The van der Waals surface area contributed by atoms with Crippen molar-refractivity contribution in [3.8, 4) is 0 Å². The molecule has 1 N–H and O–H groups in total. The van der Waals surface area contributed by atoms with Crippen molar-refractivity contribution in [2.45, 2.75) is 64.5 Å². The minimum atomic E-state index is -0.548. The Kier molecular flexibility index (Phi) is 5.41. The number of hydrogen-bond acceptors (Lipinski definition) is 5. The summed E-state index contributed by atoms with van der Waals surface area (Å²) in [5.74, 6) is 0.383. The molecule has 2 rings (SSSR count). The van der Waals surface area contributed by atoms with E-state index in [2.05, 4.69) is 17.2 Å². The molecule has 0 bridgehead atoms. The van der Waals surface area contributed by atoms with Gasteiger partial charge < -0.3 is 10.1 Å². The first-order chi connectivity index (χ1) is 11.2. The van der Waals surface area contributed by atoms with Gasteiger partial charge in [0.15, 0.2) is 0 Å². The lowest BCUT2D eigenvalue weighted by Gasteiger charge is -2.34. The number of carbonyl (C=O) groups excluding carboxylic acids is 1. The van der Waals surface area contributed by atoms with E-state index in [1.807, 2.05) is 20.8 Å². The predicted octanol–water partition coefficient (Wildman–Crippen LogP) is 3.79. The molecule has 1 aliphatic rings. The van der Waals surface area contributed by atoms with E-state index in [0.717, 1.165) is 12.8 Å². The van der Waals surface area contributed by atoms with Crippen LogP contribution in [-0.2, 0) is 4.74 Å². The molecule has 1 aromatic heterocycles. The molecule has 1 saturated carbocycles. The SMILES string of the molecule is C[C@H]1C[C@@H](NC(=O)OC(C)(C)C)C[C@@H](c2ccncc2[N+](=O)[O-])C1. The van der Waals surface area contributed by atoms with E-state index in [1.54, 1.807) is 12.3 Å². The van der Waals surface area contributed by atoms with Gasteiger partial charge in [-0.25, -0.2) is 4.79 Å². The van der Waals surface area contributed by atoms with Crippen molar-refractivity contribution in [1.82, 2.24) is 10.3 Å². The molecule has 7 heteroatoms. The predicted molar refractivity (Wildman–Crippen MR) is 89.8 cm³/mol. The van der Waals surface area contributed by atoms with Crippen molar-refractivity contribution in [3.63, 3.8) is 0 Å². The minimum Gasteiger partial charge on any atom is -0.444 e. The maximum Gasteiger partial charge on any atom is 0.407 e. The summed E-state index contributed by atoms with van der Waals surface area (Å²) >= 11 is 0. The fourth-order valence-corrected chi connectivity index (χ4v) is 3.34. The lowest BCUT2D eigenvalue weighted by Crippen LogP contribution is -2.42. The molecule has 3 atom stereocenters. The first kappa shape index (κ1) is 18.2. The topological polar surface area (TPSA) is 94.4 Å². The van der Waals surface area contributed by atoms with Gasteiger partial charge >= 0.3 is 6.09 Å². The molecule has 0 spiro atoms. The van der Waals surface area contributed by atoms with Crippen LogP contribution in [0.25, 0.3) is 0 Å². The highest BCUT2D eigenvalue weighted by atomic mass is 16.6. The summed E-state index contributed by atoms with van der Waals surface area (Å²) in [6.45, 7) is 7.56. The molecule has 1 heterocycles. The van der Waals surface area contributed by atoms with E-state index in [1.165, 1.54) is 6.20 Å². The molecule has 1 fully saturated rings. The Morgan fingerprint density at radius 3 is 2.71 bits per heavy atom. The minimum absolute atomic E-state index is 0.0251. The highest BCUT2D eigenvalue weighted by Crippen LogP contribution is 2.39. The van der Waals surface area contributed by atoms with E-state index >= 15 is 0 Å². The van der Waals surface area contributed by atoms with Crippen molar-refractivity contribution < 1.29 is 14.5 Å². The molecule has 7 nitrogen and oxygen atoms in total. The normalized spacial score (nSPS) is 24.2. The van der Waals surface area contributed by atoms with Crippen LogP contribution in [0.3, 0.4) is 0 Å². The maximum absolute atomic E-state index is 12.0. The Bertz CT molecular complexity index is 612. The molecule has 132 valence electrons. The Labute approximate surface area is 142 Å². The van der Waals surface area contributed by atoms with Gasteiger partial charge in [0.25, 0.3) is 5.69 Å². The van der Waals surface area contributed by atoms with Gasteiger partial charge in [0.05, 0.1) is 4.92 Å². The van der Waals surface area contributed by atoms with Gasteiger partial charge in [0.1, 0.15) is 11.8 Å². The van der Waals surface area contributed by atoms with Gasteiger partial charge in [-0.2, -0.15) is 0 Å². The smallest absolute Gasteiger partial charge is 0.407 e. The van der Waals surface area contributed by atoms with Crippen molar-refractivity contribution in [1.29, 1.82) is 0 Å². The fourth-order valence-electron chi connectivity index (χ4n) is 3.34. The number of aromatic nitrogens is 1. The van der Waals surface area contributed by atoms with Crippen LogP contribution in [0.2, 0.25) is 0 Å². The van der Waals surface area contributed by atoms with Crippen LogP contribution in [-0.4, -0.2) is 27.6 Å². The number of nitro groups is 1. The van der Waals surface area contributed by atoms with E-state index in [4.69, 9.17) is 4.74 Å². The summed E-state index contributed by atoms with van der Waals surface area (Å²) < 4.78 is 5.31. The van der Waals surface area contributed by atoms with Gasteiger partial charge in [-0.05, 0) is 57.9 Å². The van der Waals surface area contributed by atoms with Crippen LogP contribution in [0.1, 0.15) is 58.4 Å². The highest BCUT2D eigenvalue weighted by molar-refractivity contribution is 5.68. The lowest BCUT2D eigenvalue weighted by atomic mass is 9.76. The first-order valence-corrected chi connectivity index (χ1v) is 8.23. The first-order valence-electron chi connectivity index (χ1n) is 8.23. The Balaban J connectivity index is 2.11. The maximum atomic E-state index is 12.0. The monoisotopic (exact) mass is 335 g/mol. The third-order valence-electron chi connectivity index (χ3n) is 4.13. The van der Waals surface area contributed by atoms with Crippen molar-refractivity contribution >= 4 is 11.8 Å². The largest absolute Gasteiger partial charge is 0.444 e. The van der Waals surface area contributed by atoms with Gasteiger partial charge in [0, 0.05) is 17.8 Å². The Hall–Kier alpha value is -2.18. The molecule has 1 aromatic rings. The van der Waals surface area contributed by atoms with Crippen LogP contribution < -0.4 is 5.32 Å². The number of carbonyl (C=O) groups is 1. The standard InChI is InChI=1S/C17H25N3O4/c1-11-7-12(14-5-6-18-10-15(14)20(22)23)9-13(8-11)19-16(21)24-17(2,3)4/h5-6,10-13H,7-9H2,1-4H3,(H,19,21)/t11-,12+,13-/m1/s1. The number of amides is 1. The van der Waals surface area contributed by atoms with Crippen LogP contribution in [0, 0.1) is 16.0 Å². The van der Waals surface area contributed by atoms with Crippen LogP contribution in [0.4, 0.5) is 10.5 Å². The Morgan fingerprint density at radius 1 is 1.38 bits per heavy atom. The second-order valence-corrected chi connectivity index (χ2v) is 7.54. The van der Waals surface area contributed by atoms with Crippen molar-refractivity contribution in [2.75, 3.05) is 0 Å². The summed E-state index contributed by atoms with van der Waals surface area (Å²) in [6.07, 6.45) is 4.80. The second kappa shape index (κ2) is 7.15. The van der Waals surface area contributed by atoms with Gasteiger partial charge in [-0.1, -0.05) is 6.92 Å². The number of ether oxygens (including phenoxy) is 1. The second-order valence-electron chi connectivity index (χ2n) is 7.54. The zero-order valence-electron chi connectivity index (χ0n) is 14.6. The van der Waals surface area contributed by atoms with Crippen LogP contribution >= 0.6 is 0 Å². The average molecular weight is 335 g/mol. The van der Waals surface area contributed by atoms with E-state index < -0.39 is 16.6 Å². The van der Waals surface area contributed by atoms with Crippen LogP contribution in [0.15, 0.2) is 18.5 Å². The molecule has 0 aromatic carbocycles. The molecular formula is C17H25N3O4.